The number of likely N-dealkylation sites (N-methyl/N-ethyl adjacent to an activating group) is 1. The highest BCUT2D eigenvalue weighted by molar-refractivity contribution is 5.78. The van der Waals surface area contributed by atoms with E-state index in [9.17, 15) is 9.90 Å². The second-order valence-corrected chi connectivity index (χ2v) is 7.75. The van der Waals surface area contributed by atoms with Crippen LogP contribution in [0.1, 0.15) is 60.3 Å². The minimum Gasteiger partial charge on any atom is -0.480 e. The van der Waals surface area contributed by atoms with Crippen molar-refractivity contribution in [3.05, 3.63) is 0 Å². The van der Waals surface area contributed by atoms with E-state index in [1.54, 1.807) is 6.92 Å². The molecule has 4 heteroatoms. The molecule has 2 N–H and O–H groups in total. The summed E-state index contributed by atoms with van der Waals surface area (Å²) in [5.74, 6) is 0.0360. The second-order valence-electron chi connectivity index (χ2n) is 7.75. The molecule has 0 aromatic carbocycles. The molecule has 0 aliphatic carbocycles. The number of aliphatic carboxylic acids is 1. The number of carbonyl (C=O) groups is 1. The maximum absolute atomic E-state index is 11.5. The van der Waals surface area contributed by atoms with Crippen molar-refractivity contribution in [2.45, 2.75) is 65.8 Å². The van der Waals surface area contributed by atoms with E-state index < -0.39 is 11.5 Å². The third kappa shape index (κ3) is 5.59. The van der Waals surface area contributed by atoms with Crippen LogP contribution in [0, 0.1) is 11.3 Å². The normalized spacial score (nSPS) is 24.3. The first-order valence-corrected chi connectivity index (χ1v) is 8.40. The Balaban J connectivity index is 2.51. The molecule has 1 heterocycles. The zero-order chi connectivity index (χ0) is 16.1. The van der Waals surface area contributed by atoms with Crippen LogP contribution < -0.4 is 5.32 Å². The molecule has 0 aromatic heterocycles. The standard InChI is InChI=1S/C17H34N2O2/c1-6-18-17(5,15(20)21)10-13-19-11-7-8-14(9-12-19)16(2,3)4/h14,18H,6-13H2,1-5H3,(H,20,21). The lowest BCUT2D eigenvalue weighted by Gasteiger charge is -2.31. The highest BCUT2D eigenvalue weighted by Crippen LogP contribution is 2.34. The molecule has 0 aromatic rings. The van der Waals surface area contributed by atoms with Gasteiger partial charge in [-0.1, -0.05) is 27.7 Å². The van der Waals surface area contributed by atoms with Crippen LogP contribution in [-0.4, -0.2) is 47.7 Å². The van der Waals surface area contributed by atoms with E-state index in [1.165, 1.54) is 19.3 Å². The fraction of sp³-hybridized carbons (Fsp3) is 0.941. The summed E-state index contributed by atoms with van der Waals surface area (Å²) in [5, 5.41) is 12.5. The largest absolute Gasteiger partial charge is 0.480 e. The van der Waals surface area contributed by atoms with E-state index in [4.69, 9.17) is 0 Å². The molecule has 21 heavy (non-hydrogen) atoms. The van der Waals surface area contributed by atoms with E-state index in [-0.39, 0.29) is 0 Å². The number of nitrogens with one attached hydrogen (secondary N) is 1. The zero-order valence-electron chi connectivity index (χ0n) is 14.5. The van der Waals surface area contributed by atoms with Gasteiger partial charge < -0.3 is 15.3 Å². The van der Waals surface area contributed by atoms with Gasteiger partial charge in [-0.2, -0.15) is 0 Å². The predicted molar refractivity (Wildman–Crippen MR) is 87.6 cm³/mol. The van der Waals surface area contributed by atoms with Gasteiger partial charge in [0.25, 0.3) is 0 Å². The molecule has 1 fully saturated rings. The molecule has 2 atom stereocenters. The molecule has 0 radical (unpaired) electrons. The summed E-state index contributed by atoms with van der Waals surface area (Å²) in [6.45, 7) is 14.5. The molecule has 2 unspecified atom stereocenters. The van der Waals surface area contributed by atoms with Gasteiger partial charge in [-0.25, -0.2) is 0 Å². The van der Waals surface area contributed by atoms with Gasteiger partial charge in [0, 0.05) is 6.54 Å². The Bertz CT molecular complexity index is 338. The number of rotatable bonds is 6. The van der Waals surface area contributed by atoms with Crippen molar-refractivity contribution in [1.29, 1.82) is 0 Å². The monoisotopic (exact) mass is 298 g/mol. The summed E-state index contributed by atoms with van der Waals surface area (Å²) < 4.78 is 0. The predicted octanol–water partition coefficient (Wildman–Crippen LogP) is 2.98. The van der Waals surface area contributed by atoms with Crippen molar-refractivity contribution in [3.8, 4) is 0 Å². The van der Waals surface area contributed by atoms with Crippen LogP contribution in [0.5, 0.6) is 0 Å². The summed E-state index contributed by atoms with van der Waals surface area (Å²) in [6, 6.07) is 0. The smallest absolute Gasteiger partial charge is 0.323 e. The van der Waals surface area contributed by atoms with E-state index in [1.807, 2.05) is 6.92 Å². The van der Waals surface area contributed by atoms with Crippen LogP contribution in [0.2, 0.25) is 0 Å². The summed E-state index contributed by atoms with van der Waals surface area (Å²) in [5.41, 5.74) is -0.417. The Morgan fingerprint density at radius 3 is 2.43 bits per heavy atom. The number of hydrogen-bond acceptors (Lipinski definition) is 3. The first-order valence-electron chi connectivity index (χ1n) is 8.40. The fourth-order valence-corrected chi connectivity index (χ4v) is 3.29. The van der Waals surface area contributed by atoms with Gasteiger partial charge in [0.1, 0.15) is 5.54 Å². The Hall–Kier alpha value is -0.610. The third-order valence-electron chi connectivity index (χ3n) is 5.01. The van der Waals surface area contributed by atoms with Crippen molar-refractivity contribution >= 4 is 5.97 Å². The number of nitrogens with zero attached hydrogens (tertiary/aromatic N) is 1. The highest BCUT2D eigenvalue weighted by atomic mass is 16.4. The maximum Gasteiger partial charge on any atom is 0.323 e. The molecule has 1 aliphatic heterocycles. The molecule has 0 spiro atoms. The van der Waals surface area contributed by atoms with E-state index >= 15 is 0 Å². The van der Waals surface area contributed by atoms with Crippen molar-refractivity contribution in [2.75, 3.05) is 26.2 Å². The third-order valence-corrected chi connectivity index (χ3v) is 5.01. The summed E-state index contributed by atoms with van der Waals surface area (Å²) in [6.07, 6.45) is 4.42. The molecule has 4 nitrogen and oxygen atoms in total. The summed E-state index contributed by atoms with van der Waals surface area (Å²) in [4.78, 5) is 13.9. The van der Waals surface area contributed by atoms with Gasteiger partial charge in [0.05, 0.1) is 0 Å². The Morgan fingerprint density at radius 2 is 1.90 bits per heavy atom. The first-order chi connectivity index (χ1) is 9.69. The molecular formula is C17H34N2O2. The Kier molecular flexibility index (Phi) is 6.67. The van der Waals surface area contributed by atoms with Crippen molar-refractivity contribution < 1.29 is 9.90 Å². The van der Waals surface area contributed by atoms with Crippen LogP contribution in [0.4, 0.5) is 0 Å². The van der Waals surface area contributed by atoms with Crippen molar-refractivity contribution in [2.24, 2.45) is 11.3 Å². The van der Waals surface area contributed by atoms with Gasteiger partial charge in [-0.3, -0.25) is 4.79 Å². The first kappa shape index (κ1) is 18.4. The molecule has 1 rings (SSSR count). The number of carboxylic acids is 1. The average molecular weight is 298 g/mol. The van der Waals surface area contributed by atoms with Crippen LogP contribution in [-0.2, 0) is 4.79 Å². The van der Waals surface area contributed by atoms with Gasteiger partial charge >= 0.3 is 5.97 Å². The molecule has 1 saturated heterocycles. The molecular weight excluding hydrogens is 264 g/mol. The van der Waals surface area contributed by atoms with Crippen LogP contribution >= 0.6 is 0 Å². The molecule has 0 bridgehead atoms. The Morgan fingerprint density at radius 1 is 1.24 bits per heavy atom. The topological polar surface area (TPSA) is 52.6 Å². The number of hydrogen-bond donors (Lipinski definition) is 2. The number of carboxylic acid groups (broad SMARTS) is 1. The van der Waals surface area contributed by atoms with Crippen molar-refractivity contribution in [1.82, 2.24) is 10.2 Å². The van der Waals surface area contributed by atoms with Gasteiger partial charge in [-0.05, 0) is 63.6 Å². The van der Waals surface area contributed by atoms with Crippen LogP contribution in [0.3, 0.4) is 0 Å². The molecule has 124 valence electrons. The van der Waals surface area contributed by atoms with Crippen LogP contribution in [0.25, 0.3) is 0 Å². The minimum atomic E-state index is -0.801. The lowest BCUT2D eigenvalue weighted by atomic mass is 9.77. The van der Waals surface area contributed by atoms with E-state index in [2.05, 4.69) is 31.0 Å². The number of likely N-dealkylation sites (tertiary alicyclic amines) is 1. The SMILES string of the molecule is CCNC(C)(CCN1CCCC(C(C)(C)C)CC1)C(=O)O. The van der Waals surface area contributed by atoms with E-state index in [0.29, 0.717) is 18.4 Å². The average Bonchev–Trinajstić information content (AvgIpc) is 2.61. The van der Waals surface area contributed by atoms with E-state index in [0.717, 1.165) is 25.6 Å². The van der Waals surface area contributed by atoms with Crippen molar-refractivity contribution in [3.63, 3.8) is 0 Å². The summed E-state index contributed by atoms with van der Waals surface area (Å²) >= 11 is 0. The summed E-state index contributed by atoms with van der Waals surface area (Å²) in [7, 11) is 0. The maximum atomic E-state index is 11.5. The minimum absolute atomic E-state index is 0.384. The van der Waals surface area contributed by atoms with Gasteiger partial charge in [0.15, 0.2) is 0 Å². The lowest BCUT2D eigenvalue weighted by molar-refractivity contribution is -0.144. The quantitative estimate of drug-likeness (QED) is 0.791. The molecule has 0 saturated carbocycles. The Labute approximate surface area is 130 Å². The molecule has 1 aliphatic rings. The molecule has 0 amide bonds. The van der Waals surface area contributed by atoms with Gasteiger partial charge in [0.2, 0.25) is 0 Å². The highest BCUT2D eigenvalue weighted by Gasteiger charge is 2.33. The zero-order valence-corrected chi connectivity index (χ0v) is 14.5. The van der Waals surface area contributed by atoms with Crippen LogP contribution in [0.15, 0.2) is 0 Å². The second kappa shape index (κ2) is 7.59. The van der Waals surface area contributed by atoms with Gasteiger partial charge in [-0.15, -0.1) is 0 Å². The lowest BCUT2D eigenvalue weighted by Crippen LogP contribution is -2.51. The fourth-order valence-electron chi connectivity index (χ4n) is 3.29.